The van der Waals surface area contributed by atoms with Crippen molar-refractivity contribution in [2.24, 2.45) is 11.8 Å². The van der Waals surface area contributed by atoms with Crippen LogP contribution in [0.4, 0.5) is 0 Å². The molecule has 2 heteroatoms. The van der Waals surface area contributed by atoms with Crippen molar-refractivity contribution in [2.75, 3.05) is 0 Å². The van der Waals surface area contributed by atoms with Gasteiger partial charge in [0.25, 0.3) is 0 Å². The molecule has 0 aromatic carbocycles. The molecule has 2 nitrogen and oxygen atoms in total. The van der Waals surface area contributed by atoms with Gasteiger partial charge in [-0.25, -0.2) is 0 Å². The van der Waals surface area contributed by atoms with Gasteiger partial charge in [-0.1, -0.05) is 12.1 Å². The third-order valence-corrected chi connectivity index (χ3v) is 3.50. The number of hydrogen-bond donors (Lipinski definition) is 0. The molecule has 1 heterocycles. The molecule has 2 unspecified atom stereocenters. The third kappa shape index (κ3) is 1.41. The number of hydrogen-bond acceptors (Lipinski definition) is 2. The van der Waals surface area contributed by atoms with Crippen LogP contribution in [0, 0.1) is 11.8 Å². The number of pyridine rings is 1. The molecule has 76 valence electrons. The van der Waals surface area contributed by atoms with Crippen LogP contribution in [0.2, 0.25) is 0 Å². The summed E-state index contributed by atoms with van der Waals surface area (Å²) < 4.78 is 0. The molecule has 0 radical (unpaired) electrons. The zero-order chi connectivity index (χ0) is 10.3. The first-order chi connectivity index (χ1) is 7.34. The van der Waals surface area contributed by atoms with Gasteiger partial charge in [-0.3, -0.25) is 9.78 Å². The quantitative estimate of drug-likeness (QED) is 0.695. The Hall–Kier alpha value is -1.44. The molecule has 0 saturated heterocycles. The van der Waals surface area contributed by atoms with Crippen molar-refractivity contribution >= 4 is 11.4 Å². The van der Waals surface area contributed by atoms with Gasteiger partial charge in [0.15, 0.2) is 0 Å². The average Bonchev–Trinajstić information content (AvgIpc) is 2.31. The Balaban J connectivity index is 2.02. The van der Waals surface area contributed by atoms with Crippen LogP contribution in [0.5, 0.6) is 0 Å². The largest absolute Gasteiger partial charge is 0.299 e. The summed E-state index contributed by atoms with van der Waals surface area (Å²) in [6, 6.07) is 4.05. The van der Waals surface area contributed by atoms with Crippen molar-refractivity contribution in [1.29, 1.82) is 0 Å². The minimum absolute atomic E-state index is 0.185. The second kappa shape index (κ2) is 3.30. The number of fused-ring (bicyclic) bond motifs is 2. The Bertz CT molecular complexity index is 421. The zero-order valence-corrected chi connectivity index (χ0v) is 8.52. The molecule has 0 spiro atoms. The number of Topliss-reactive ketones (excluding diaryl/α,β-unsaturated/α-hetero) is 1. The maximum Gasteiger partial charge on any atom is 0.140 e. The van der Waals surface area contributed by atoms with E-state index in [1.807, 2.05) is 12.3 Å². The molecule has 2 atom stereocenters. The number of aromatic nitrogens is 1. The fourth-order valence-corrected chi connectivity index (χ4v) is 2.70. The Kier molecular flexibility index (Phi) is 1.94. The van der Waals surface area contributed by atoms with Gasteiger partial charge in [0.05, 0.1) is 0 Å². The van der Waals surface area contributed by atoms with E-state index in [0.717, 1.165) is 19.3 Å². The molecule has 1 aromatic heterocycles. The molecule has 3 aliphatic rings. The van der Waals surface area contributed by atoms with Crippen LogP contribution in [0.1, 0.15) is 24.8 Å². The predicted molar refractivity (Wildman–Crippen MR) is 58.1 cm³/mol. The minimum atomic E-state index is 0.185. The minimum Gasteiger partial charge on any atom is -0.299 e. The van der Waals surface area contributed by atoms with Crippen LogP contribution in [0.15, 0.2) is 30.6 Å². The maximum absolute atomic E-state index is 11.6. The van der Waals surface area contributed by atoms with Crippen LogP contribution >= 0.6 is 0 Å². The van der Waals surface area contributed by atoms with Crippen LogP contribution in [-0.4, -0.2) is 10.8 Å². The molecule has 2 bridgehead atoms. The summed E-state index contributed by atoms with van der Waals surface area (Å²) in [6.07, 6.45) is 8.81. The Labute approximate surface area is 89.0 Å². The van der Waals surface area contributed by atoms with E-state index >= 15 is 0 Å². The first-order valence-corrected chi connectivity index (χ1v) is 5.49. The average molecular weight is 199 g/mol. The summed E-state index contributed by atoms with van der Waals surface area (Å²) in [5.41, 5.74) is 2.54. The van der Waals surface area contributed by atoms with Gasteiger partial charge >= 0.3 is 0 Å². The lowest BCUT2D eigenvalue weighted by molar-refractivity contribution is -0.124. The molecule has 1 saturated carbocycles. The molecular weight excluding hydrogens is 186 g/mol. The number of carbonyl (C=O) groups excluding carboxylic acids is 1. The van der Waals surface area contributed by atoms with Crippen LogP contribution < -0.4 is 0 Å². The van der Waals surface area contributed by atoms with Crippen LogP contribution in [0.3, 0.4) is 0 Å². The van der Waals surface area contributed by atoms with Crippen molar-refractivity contribution in [3.63, 3.8) is 0 Å². The molecule has 4 rings (SSSR count). The van der Waals surface area contributed by atoms with E-state index in [0.29, 0.717) is 11.7 Å². The number of ketones is 1. The number of nitrogens with zero attached hydrogens (tertiary/aromatic N) is 1. The van der Waals surface area contributed by atoms with Gasteiger partial charge in [0, 0.05) is 24.7 Å². The standard InChI is InChI=1S/C13H13NO/c15-13-7-9-3-4-10(13)6-12(9)11-2-1-5-14-8-11/h1-2,5-6,8-10H,3-4,7H2. The summed E-state index contributed by atoms with van der Waals surface area (Å²) in [7, 11) is 0. The molecule has 0 amide bonds. The third-order valence-electron chi connectivity index (χ3n) is 3.50. The first kappa shape index (κ1) is 8.84. The molecule has 1 aromatic rings. The van der Waals surface area contributed by atoms with Crippen molar-refractivity contribution in [1.82, 2.24) is 4.98 Å². The summed E-state index contributed by atoms with van der Waals surface area (Å²) in [4.78, 5) is 15.7. The molecule has 0 N–H and O–H groups in total. The van der Waals surface area contributed by atoms with E-state index in [4.69, 9.17) is 0 Å². The van der Waals surface area contributed by atoms with E-state index < -0.39 is 0 Å². The Morgan fingerprint density at radius 2 is 2.27 bits per heavy atom. The fraction of sp³-hybridized carbons (Fsp3) is 0.385. The lowest BCUT2D eigenvalue weighted by Crippen LogP contribution is -2.29. The molecule has 3 aliphatic carbocycles. The molecule has 15 heavy (non-hydrogen) atoms. The monoisotopic (exact) mass is 199 g/mol. The van der Waals surface area contributed by atoms with Gasteiger partial charge in [-0.15, -0.1) is 0 Å². The maximum atomic E-state index is 11.6. The van der Waals surface area contributed by atoms with Gasteiger partial charge in [0.1, 0.15) is 5.78 Å². The molecular formula is C13H13NO. The highest BCUT2D eigenvalue weighted by Crippen LogP contribution is 2.42. The summed E-state index contributed by atoms with van der Waals surface area (Å²) in [5, 5.41) is 0. The summed E-state index contributed by atoms with van der Waals surface area (Å²) >= 11 is 0. The van der Waals surface area contributed by atoms with Gasteiger partial charge in [-0.05, 0) is 36.0 Å². The van der Waals surface area contributed by atoms with E-state index in [1.54, 1.807) is 6.20 Å². The molecule has 0 aliphatic heterocycles. The highest BCUT2D eigenvalue weighted by molar-refractivity contribution is 5.91. The normalized spacial score (nSPS) is 29.1. The highest BCUT2D eigenvalue weighted by atomic mass is 16.1. The Morgan fingerprint density at radius 1 is 1.33 bits per heavy atom. The number of carbonyl (C=O) groups is 1. The van der Waals surface area contributed by atoms with Gasteiger partial charge in [0.2, 0.25) is 0 Å². The smallest absolute Gasteiger partial charge is 0.140 e. The lowest BCUT2D eigenvalue weighted by Gasteiger charge is -2.34. The predicted octanol–water partition coefficient (Wildman–Crippen LogP) is 2.46. The molecule has 1 fully saturated rings. The van der Waals surface area contributed by atoms with Gasteiger partial charge < -0.3 is 0 Å². The van der Waals surface area contributed by atoms with Gasteiger partial charge in [-0.2, -0.15) is 0 Å². The van der Waals surface area contributed by atoms with Crippen molar-refractivity contribution in [3.8, 4) is 0 Å². The Morgan fingerprint density at radius 3 is 2.87 bits per heavy atom. The van der Waals surface area contributed by atoms with Crippen LogP contribution in [-0.2, 0) is 4.79 Å². The zero-order valence-electron chi connectivity index (χ0n) is 8.52. The van der Waals surface area contributed by atoms with Crippen molar-refractivity contribution < 1.29 is 4.79 Å². The second-order valence-corrected chi connectivity index (χ2v) is 4.41. The van der Waals surface area contributed by atoms with E-state index in [9.17, 15) is 4.79 Å². The van der Waals surface area contributed by atoms with E-state index in [1.165, 1.54) is 11.1 Å². The summed E-state index contributed by atoms with van der Waals surface area (Å²) in [5.74, 6) is 1.07. The topological polar surface area (TPSA) is 30.0 Å². The van der Waals surface area contributed by atoms with E-state index in [-0.39, 0.29) is 5.92 Å². The van der Waals surface area contributed by atoms with E-state index in [2.05, 4.69) is 17.1 Å². The first-order valence-electron chi connectivity index (χ1n) is 5.49. The highest BCUT2D eigenvalue weighted by Gasteiger charge is 2.35. The second-order valence-electron chi connectivity index (χ2n) is 4.41. The van der Waals surface area contributed by atoms with Crippen molar-refractivity contribution in [3.05, 3.63) is 36.2 Å². The lowest BCUT2D eigenvalue weighted by atomic mass is 9.69. The van der Waals surface area contributed by atoms with Crippen LogP contribution in [0.25, 0.3) is 5.57 Å². The SMILES string of the molecule is O=C1CC2CCC1C=C2c1cccnc1. The number of allylic oxidation sites excluding steroid dienone is 2. The van der Waals surface area contributed by atoms with Crippen molar-refractivity contribution in [2.45, 2.75) is 19.3 Å². The fourth-order valence-electron chi connectivity index (χ4n) is 2.70. The number of rotatable bonds is 1. The summed E-state index contributed by atoms with van der Waals surface area (Å²) in [6.45, 7) is 0.